The number of amides is 1. The standard InChI is InChI=1S/C26H20FN9O/c1-2-3-19(37)32-16-10-15(11-29-12-16)22-21(27)20-18(13-31-22)35-36-25(20)26-33-17-6-9-30-23(24(17)34-26)14-4-7-28-8-5-14/h4-13H,2-3H2,1H3,(H,32,37)(H,33,34)(H,35,36). The lowest BCUT2D eigenvalue weighted by Crippen LogP contribution is -2.10. The van der Waals surface area contributed by atoms with Crippen molar-refractivity contribution in [1.82, 2.24) is 40.1 Å². The van der Waals surface area contributed by atoms with Gasteiger partial charge in [0, 0.05) is 42.3 Å². The molecule has 11 heteroatoms. The summed E-state index contributed by atoms with van der Waals surface area (Å²) in [7, 11) is 0. The smallest absolute Gasteiger partial charge is 0.224 e. The SMILES string of the molecule is CCCC(=O)Nc1cncc(-c2ncc3[nH]nc(-c4nc5c(-c6ccncc6)nccc5[nH]4)c3c2F)c1. The topological polar surface area (TPSA) is 138 Å². The normalized spacial score (nSPS) is 11.3. The molecule has 0 radical (unpaired) electrons. The highest BCUT2D eigenvalue weighted by atomic mass is 19.1. The molecule has 37 heavy (non-hydrogen) atoms. The van der Waals surface area contributed by atoms with Gasteiger partial charge in [0.25, 0.3) is 0 Å². The molecule has 0 aliphatic rings. The molecular weight excluding hydrogens is 473 g/mol. The van der Waals surface area contributed by atoms with Gasteiger partial charge in [-0.3, -0.25) is 29.8 Å². The molecule has 0 aromatic carbocycles. The Morgan fingerprint density at radius 1 is 0.946 bits per heavy atom. The van der Waals surface area contributed by atoms with Crippen molar-refractivity contribution in [1.29, 1.82) is 0 Å². The van der Waals surface area contributed by atoms with Crippen molar-refractivity contribution in [2.45, 2.75) is 19.8 Å². The van der Waals surface area contributed by atoms with Crippen molar-refractivity contribution in [3.8, 4) is 34.0 Å². The highest BCUT2D eigenvalue weighted by Crippen LogP contribution is 2.34. The van der Waals surface area contributed by atoms with Gasteiger partial charge in [-0.2, -0.15) is 5.10 Å². The zero-order chi connectivity index (χ0) is 25.4. The first-order valence-corrected chi connectivity index (χ1v) is 11.7. The number of aromatic amines is 2. The van der Waals surface area contributed by atoms with E-state index in [1.54, 1.807) is 30.7 Å². The first kappa shape index (κ1) is 22.4. The first-order valence-electron chi connectivity index (χ1n) is 11.7. The van der Waals surface area contributed by atoms with E-state index in [-0.39, 0.29) is 17.0 Å². The Labute approximate surface area is 209 Å². The van der Waals surface area contributed by atoms with Crippen molar-refractivity contribution in [3.05, 3.63) is 67.3 Å². The Kier molecular flexibility index (Phi) is 5.56. The molecule has 0 saturated carbocycles. The minimum atomic E-state index is -0.576. The van der Waals surface area contributed by atoms with Crippen LogP contribution in [0.2, 0.25) is 0 Å². The fourth-order valence-electron chi connectivity index (χ4n) is 4.20. The number of rotatable bonds is 6. The Morgan fingerprint density at radius 3 is 2.65 bits per heavy atom. The van der Waals surface area contributed by atoms with E-state index in [4.69, 9.17) is 4.98 Å². The molecule has 0 aliphatic carbocycles. The number of carbonyl (C=O) groups is 1. The Hall–Kier alpha value is -5.06. The number of anilines is 1. The van der Waals surface area contributed by atoms with Crippen LogP contribution in [0.3, 0.4) is 0 Å². The van der Waals surface area contributed by atoms with Gasteiger partial charge in [0.15, 0.2) is 11.6 Å². The number of nitrogens with zero attached hydrogens (tertiary/aromatic N) is 6. The molecule has 3 N–H and O–H groups in total. The lowest BCUT2D eigenvalue weighted by Gasteiger charge is -2.07. The molecule has 1 amide bonds. The summed E-state index contributed by atoms with van der Waals surface area (Å²) in [4.78, 5) is 36.9. The molecule has 10 nitrogen and oxygen atoms in total. The monoisotopic (exact) mass is 493 g/mol. The van der Waals surface area contributed by atoms with Crippen molar-refractivity contribution in [3.63, 3.8) is 0 Å². The molecule has 0 bridgehead atoms. The quantitative estimate of drug-likeness (QED) is 0.300. The molecule has 0 fully saturated rings. The summed E-state index contributed by atoms with van der Waals surface area (Å²) in [5, 5.41) is 10.2. The number of hydrogen-bond acceptors (Lipinski definition) is 7. The van der Waals surface area contributed by atoms with Crippen LogP contribution in [0.5, 0.6) is 0 Å². The second-order valence-electron chi connectivity index (χ2n) is 8.42. The van der Waals surface area contributed by atoms with Crippen LogP contribution in [0.4, 0.5) is 10.1 Å². The van der Waals surface area contributed by atoms with Gasteiger partial charge in [0.05, 0.1) is 40.2 Å². The van der Waals surface area contributed by atoms with Gasteiger partial charge < -0.3 is 10.3 Å². The van der Waals surface area contributed by atoms with Gasteiger partial charge in [-0.1, -0.05) is 6.92 Å². The van der Waals surface area contributed by atoms with Crippen LogP contribution in [0.15, 0.2) is 61.4 Å². The van der Waals surface area contributed by atoms with Crippen LogP contribution >= 0.6 is 0 Å². The van der Waals surface area contributed by atoms with Gasteiger partial charge >= 0.3 is 0 Å². The average molecular weight is 494 g/mol. The highest BCUT2D eigenvalue weighted by molar-refractivity contribution is 5.97. The van der Waals surface area contributed by atoms with E-state index in [0.29, 0.717) is 45.9 Å². The van der Waals surface area contributed by atoms with E-state index in [1.807, 2.05) is 19.1 Å². The Bertz CT molecular complexity index is 1760. The summed E-state index contributed by atoms with van der Waals surface area (Å²) >= 11 is 0. The number of carbonyl (C=O) groups excluding carboxylic acids is 1. The fraction of sp³-hybridized carbons (Fsp3) is 0.115. The number of hydrogen-bond donors (Lipinski definition) is 3. The van der Waals surface area contributed by atoms with Crippen LogP contribution in [0, 0.1) is 5.82 Å². The number of H-pyrrole nitrogens is 2. The molecule has 6 aromatic heterocycles. The van der Waals surface area contributed by atoms with Gasteiger partial charge in [0.2, 0.25) is 5.91 Å². The average Bonchev–Trinajstić information content (AvgIpc) is 3.54. The van der Waals surface area contributed by atoms with Gasteiger partial charge in [0.1, 0.15) is 16.9 Å². The summed E-state index contributed by atoms with van der Waals surface area (Å²) in [6, 6.07) is 7.15. The summed E-state index contributed by atoms with van der Waals surface area (Å²) in [5.41, 5.74) is 4.63. The third kappa shape index (κ3) is 4.05. The highest BCUT2D eigenvalue weighted by Gasteiger charge is 2.21. The number of pyridine rings is 4. The number of imidazole rings is 1. The fourth-order valence-corrected chi connectivity index (χ4v) is 4.20. The van der Waals surface area contributed by atoms with Gasteiger partial charge in [-0.15, -0.1) is 0 Å². The summed E-state index contributed by atoms with van der Waals surface area (Å²) in [6.07, 6.45) is 10.7. The van der Waals surface area contributed by atoms with E-state index >= 15 is 4.39 Å². The van der Waals surface area contributed by atoms with E-state index in [2.05, 4.69) is 40.4 Å². The Morgan fingerprint density at radius 2 is 1.81 bits per heavy atom. The predicted molar refractivity (Wildman–Crippen MR) is 137 cm³/mol. The van der Waals surface area contributed by atoms with Crippen LogP contribution in [0.1, 0.15) is 19.8 Å². The minimum Gasteiger partial charge on any atom is -0.336 e. The van der Waals surface area contributed by atoms with Crippen molar-refractivity contribution >= 4 is 33.5 Å². The first-order chi connectivity index (χ1) is 18.1. The molecule has 0 spiro atoms. The maximum Gasteiger partial charge on any atom is 0.224 e. The molecule has 6 aromatic rings. The van der Waals surface area contributed by atoms with E-state index in [0.717, 1.165) is 17.5 Å². The van der Waals surface area contributed by atoms with E-state index in [1.165, 1.54) is 18.6 Å². The number of aromatic nitrogens is 8. The molecule has 0 aliphatic heterocycles. The number of fused-ring (bicyclic) bond motifs is 2. The van der Waals surface area contributed by atoms with Crippen molar-refractivity contribution in [2.75, 3.05) is 5.32 Å². The number of nitrogens with one attached hydrogen (secondary N) is 3. The van der Waals surface area contributed by atoms with E-state index in [9.17, 15) is 4.79 Å². The predicted octanol–water partition coefficient (Wildman–Crippen LogP) is 4.90. The maximum absolute atomic E-state index is 16.0. The molecule has 6 heterocycles. The lowest BCUT2D eigenvalue weighted by atomic mass is 10.1. The molecule has 0 saturated heterocycles. The molecule has 182 valence electrons. The lowest BCUT2D eigenvalue weighted by molar-refractivity contribution is -0.116. The second kappa shape index (κ2) is 9.19. The molecule has 0 atom stereocenters. The third-order valence-electron chi connectivity index (χ3n) is 5.90. The Balaban J connectivity index is 1.44. The zero-order valence-corrected chi connectivity index (χ0v) is 19.7. The van der Waals surface area contributed by atoms with Gasteiger partial charge in [-0.25, -0.2) is 9.37 Å². The van der Waals surface area contributed by atoms with Crippen molar-refractivity contribution < 1.29 is 9.18 Å². The minimum absolute atomic E-state index is 0.0875. The van der Waals surface area contributed by atoms with Crippen LogP contribution < -0.4 is 5.32 Å². The van der Waals surface area contributed by atoms with Crippen LogP contribution in [-0.2, 0) is 4.79 Å². The van der Waals surface area contributed by atoms with Crippen LogP contribution in [-0.4, -0.2) is 46.0 Å². The summed E-state index contributed by atoms with van der Waals surface area (Å²) in [6.45, 7) is 1.92. The largest absolute Gasteiger partial charge is 0.336 e. The second-order valence-corrected chi connectivity index (χ2v) is 8.42. The number of halogens is 1. The maximum atomic E-state index is 16.0. The van der Waals surface area contributed by atoms with Crippen LogP contribution in [0.25, 0.3) is 56.0 Å². The molecular formula is C26H20FN9O. The third-order valence-corrected chi connectivity index (χ3v) is 5.90. The molecule has 6 rings (SSSR count). The van der Waals surface area contributed by atoms with Gasteiger partial charge in [-0.05, 0) is 30.7 Å². The zero-order valence-electron chi connectivity index (χ0n) is 19.7. The molecule has 0 unspecified atom stereocenters. The summed E-state index contributed by atoms with van der Waals surface area (Å²) in [5.74, 6) is -0.319. The van der Waals surface area contributed by atoms with Crippen molar-refractivity contribution in [2.24, 2.45) is 0 Å². The summed E-state index contributed by atoms with van der Waals surface area (Å²) < 4.78 is 16.0. The van der Waals surface area contributed by atoms with E-state index < -0.39 is 5.82 Å².